The number of rotatable bonds is 7. The van der Waals surface area contributed by atoms with E-state index in [9.17, 15) is 9.59 Å². The van der Waals surface area contributed by atoms with E-state index in [1.165, 1.54) is 11.8 Å². The monoisotopic (exact) mass is 487 g/mol. The van der Waals surface area contributed by atoms with Crippen molar-refractivity contribution in [1.29, 1.82) is 0 Å². The number of hydrogen-bond donors (Lipinski definition) is 1. The molecule has 1 amide bonds. The maximum atomic E-state index is 13.1. The van der Waals surface area contributed by atoms with Gasteiger partial charge in [0.1, 0.15) is 0 Å². The molecule has 158 valence electrons. The largest absolute Gasteiger partial charge is 0.325 e. The van der Waals surface area contributed by atoms with Crippen molar-refractivity contribution in [3.8, 4) is 0 Å². The number of halogens is 1. The Kier molecular flexibility index (Phi) is 7.36. The number of nitrogens with one attached hydrogen (secondary N) is 1. The quantitative estimate of drug-likeness (QED) is 0.357. The minimum Gasteiger partial charge on any atom is -0.325 e. The smallest absolute Gasteiger partial charge is 0.262 e. The molecule has 1 aromatic heterocycles. The molecule has 7 heteroatoms. The van der Waals surface area contributed by atoms with E-state index in [1.807, 2.05) is 37.3 Å². The van der Waals surface area contributed by atoms with Crippen LogP contribution in [-0.2, 0) is 17.8 Å². The second-order valence-electron chi connectivity index (χ2n) is 7.66. The van der Waals surface area contributed by atoms with Crippen LogP contribution >= 0.6 is 27.7 Å². The van der Waals surface area contributed by atoms with Gasteiger partial charge in [-0.05, 0) is 48.6 Å². The van der Waals surface area contributed by atoms with Gasteiger partial charge in [-0.2, -0.15) is 0 Å². The maximum absolute atomic E-state index is 13.1. The molecule has 0 unspecified atom stereocenters. The number of amides is 1. The average Bonchev–Trinajstić information content (AvgIpc) is 2.70. The SMILES string of the molecule is CCc1cccc(C)c1NC(=O)CSc1nc2ccc(Br)cc2c(=O)n1CC(C)C. The molecule has 0 bridgehead atoms. The van der Waals surface area contributed by atoms with Gasteiger partial charge < -0.3 is 5.32 Å². The van der Waals surface area contributed by atoms with E-state index in [-0.39, 0.29) is 23.1 Å². The lowest BCUT2D eigenvalue weighted by Crippen LogP contribution is -2.26. The Morgan fingerprint density at radius 3 is 2.73 bits per heavy atom. The average molecular weight is 488 g/mol. The van der Waals surface area contributed by atoms with Crippen molar-refractivity contribution in [3.63, 3.8) is 0 Å². The Morgan fingerprint density at radius 1 is 1.27 bits per heavy atom. The number of hydrogen-bond acceptors (Lipinski definition) is 4. The first-order valence-corrected chi connectivity index (χ1v) is 11.8. The van der Waals surface area contributed by atoms with E-state index in [2.05, 4.69) is 47.0 Å². The van der Waals surface area contributed by atoms with E-state index >= 15 is 0 Å². The van der Waals surface area contributed by atoms with Gasteiger partial charge in [-0.1, -0.05) is 66.7 Å². The number of para-hydroxylation sites is 1. The van der Waals surface area contributed by atoms with Crippen LogP contribution in [0.5, 0.6) is 0 Å². The third kappa shape index (κ3) is 5.13. The second-order valence-corrected chi connectivity index (χ2v) is 9.52. The standard InChI is InChI=1S/C23H26BrN3O2S/c1-5-16-8-6-7-15(4)21(16)26-20(28)13-30-23-25-19-10-9-17(24)11-18(19)22(29)27(23)12-14(2)3/h6-11,14H,5,12-13H2,1-4H3,(H,26,28). The molecule has 2 aromatic carbocycles. The number of thioether (sulfide) groups is 1. The van der Waals surface area contributed by atoms with E-state index in [0.717, 1.165) is 27.7 Å². The zero-order chi connectivity index (χ0) is 21.8. The molecule has 0 radical (unpaired) electrons. The zero-order valence-electron chi connectivity index (χ0n) is 17.7. The molecular formula is C23H26BrN3O2S. The Labute approximate surface area is 189 Å². The molecule has 0 fully saturated rings. The van der Waals surface area contributed by atoms with Gasteiger partial charge in [0.15, 0.2) is 5.16 Å². The predicted molar refractivity (Wildman–Crippen MR) is 128 cm³/mol. The van der Waals surface area contributed by atoms with Crippen LogP contribution in [0.25, 0.3) is 10.9 Å². The molecule has 0 saturated heterocycles. The van der Waals surface area contributed by atoms with Crippen molar-refractivity contribution in [1.82, 2.24) is 9.55 Å². The molecule has 0 aliphatic rings. The summed E-state index contributed by atoms with van der Waals surface area (Å²) in [7, 11) is 0. The summed E-state index contributed by atoms with van der Waals surface area (Å²) in [5, 5.41) is 4.18. The van der Waals surface area contributed by atoms with Gasteiger partial charge in [-0.15, -0.1) is 0 Å². The number of benzene rings is 2. The predicted octanol–water partition coefficient (Wildman–Crippen LogP) is 5.42. The number of carbonyl (C=O) groups is 1. The van der Waals surface area contributed by atoms with E-state index in [0.29, 0.717) is 22.6 Å². The van der Waals surface area contributed by atoms with E-state index in [1.54, 1.807) is 10.6 Å². The minimum atomic E-state index is -0.106. The Bertz CT molecular complexity index is 1140. The highest BCUT2D eigenvalue weighted by Crippen LogP contribution is 2.24. The summed E-state index contributed by atoms with van der Waals surface area (Å²) in [6, 6.07) is 11.5. The van der Waals surface area contributed by atoms with E-state index < -0.39 is 0 Å². The topological polar surface area (TPSA) is 64.0 Å². The molecule has 0 aliphatic carbocycles. The van der Waals surface area contributed by atoms with Crippen LogP contribution in [0.4, 0.5) is 5.69 Å². The van der Waals surface area contributed by atoms with Crippen molar-refractivity contribution < 1.29 is 4.79 Å². The summed E-state index contributed by atoms with van der Waals surface area (Å²) in [6.07, 6.45) is 0.847. The number of aromatic nitrogens is 2. The lowest BCUT2D eigenvalue weighted by Gasteiger charge is -2.16. The molecule has 1 heterocycles. The van der Waals surface area contributed by atoms with Crippen LogP contribution in [0, 0.1) is 12.8 Å². The molecule has 0 atom stereocenters. The minimum absolute atomic E-state index is 0.0786. The first kappa shape index (κ1) is 22.6. The van der Waals surface area contributed by atoms with E-state index in [4.69, 9.17) is 0 Å². The van der Waals surface area contributed by atoms with Crippen LogP contribution in [-0.4, -0.2) is 21.2 Å². The van der Waals surface area contributed by atoms with Crippen LogP contribution in [0.3, 0.4) is 0 Å². The van der Waals surface area contributed by atoms with Crippen LogP contribution in [0.15, 0.2) is 50.8 Å². The van der Waals surface area contributed by atoms with Crippen LogP contribution in [0.1, 0.15) is 31.9 Å². The molecule has 0 aliphatic heterocycles. The number of nitrogens with zero attached hydrogens (tertiary/aromatic N) is 2. The number of anilines is 1. The third-order valence-corrected chi connectivity index (χ3v) is 6.24. The molecule has 1 N–H and O–H groups in total. The Balaban J connectivity index is 1.87. The Hall–Kier alpha value is -2.12. The lowest BCUT2D eigenvalue weighted by atomic mass is 10.1. The Morgan fingerprint density at radius 2 is 2.03 bits per heavy atom. The normalized spacial score (nSPS) is 11.3. The van der Waals surface area contributed by atoms with Crippen molar-refractivity contribution in [2.24, 2.45) is 5.92 Å². The first-order chi connectivity index (χ1) is 14.3. The van der Waals surface area contributed by atoms with Crippen LogP contribution in [0.2, 0.25) is 0 Å². The molecule has 0 spiro atoms. The summed E-state index contributed by atoms with van der Waals surface area (Å²) in [5.74, 6) is 0.357. The highest BCUT2D eigenvalue weighted by molar-refractivity contribution is 9.10. The van der Waals surface area contributed by atoms with Gasteiger partial charge in [0.05, 0.1) is 16.7 Å². The fourth-order valence-corrected chi connectivity index (χ4v) is 4.49. The molecular weight excluding hydrogens is 462 g/mol. The molecule has 30 heavy (non-hydrogen) atoms. The summed E-state index contributed by atoms with van der Waals surface area (Å²) >= 11 is 4.72. The summed E-state index contributed by atoms with van der Waals surface area (Å²) < 4.78 is 2.53. The van der Waals surface area contributed by atoms with Crippen molar-refractivity contribution in [2.75, 3.05) is 11.1 Å². The van der Waals surface area contributed by atoms with Crippen molar-refractivity contribution >= 4 is 50.2 Å². The zero-order valence-corrected chi connectivity index (χ0v) is 20.1. The lowest BCUT2D eigenvalue weighted by molar-refractivity contribution is -0.113. The molecule has 3 rings (SSSR count). The fourth-order valence-electron chi connectivity index (χ4n) is 3.32. The van der Waals surface area contributed by atoms with Gasteiger partial charge in [-0.25, -0.2) is 4.98 Å². The molecule has 0 saturated carbocycles. The second kappa shape index (κ2) is 9.79. The third-order valence-electron chi connectivity index (χ3n) is 4.77. The highest BCUT2D eigenvalue weighted by Gasteiger charge is 2.15. The summed E-state index contributed by atoms with van der Waals surface area (Å²) in [6.45, 7) is 8.73. The number of fused-ring (bicyclic) bond motifs is 1. The van der Waals surface area contributed by atoms with Crippen molar-refractivity contribution in [3.05, 3.63) is 62.4 Å². The van der Waals surface area contributed by atoms with Gasteiger partial charge in [0, 0.05) is 16.7 Å². The maximum Gasteiger partial charge on any atom is 0.262 e. The van der Waals surface area contributed by atoms with Gasteiger partial charge in [-0.3, -0.25) is 14.2 Å². The molecule has 3 aromatic rings. The molecule has 5 nitrogen and oxygen atoms in total. The first-order valence-electron chi connectivity index (χ1n) is 10.0. The van der Waals surface area contributed by atoms with Crippen LogP contribution < -0.4 is 10.9 Å². The summed E-state index contributed by atoms with van der Waals surface area (Å²) in [5.41, 5.74) is 3.59. The fraction of sp³-hybridized carbons (Fsp3) is 0.348. The van der Waals surface area contributed by atoms with Crippen molar-refractivity contribution in [2.45, 2.75) is 45.8 Å². The highest BCUT2D eigenvalue weighted by atomic mass is 79.9. The van der Waals surface area contributed by atoms with Gasteiger partial charge in [0.2, 0.25) is 5.91 Å². The van der Waals surface area contributed by atoms with Gasteiger partial charge in [0.25, 0.3) is 5.56 Å². The number of carbonyl (C=O) groups excluding carboxylic acids is 1. The number of aryl methyl sites for hydroxylation is 2. The van der Waals surface area contributed by atoms with Gasteiger partial charge >= 0.3 is 0 Å². The summed E-state index contributed by atoms with van der Waals surface area (Å²) in [4.78, 5) is 30.5.